The third-order valence-electron chi connectivity index (χ3n) is 4.38. The van der Waals surface area contributed by atoms with Gasteiger partial charge in [-0.1, -0.05) is 6.07 Å². The maximum atomic E-state index is 13.3. The smallest absolute Gasteiger partial charge is 0.217 e. The zero-order valence-corrected chi connectivity index (χ0v) is 15.0. The number of likely N-dealkylation sites (tertiary alicyclic amines) is 1. The Morgan fingerprint density at radius 2 is 2.36 bits per heavy atom. The summed E-state index contributed by atoms with van der Waals surface area (Å²) in [6, 6.07) is 6.34. The number of halogens is 1. The molecule has 0 spiro atoms. The van der Waals surface area contributed by atoms with Gasteiger partial charge in [0.15, 0.2) is 0 Å². The minimum atomic E-state index is -0.502. The normalized spacial score (nSPS) is 20.4. The molecule has 1 aromatic heterocycles. The summed E-state index contributed by atoms with van der Waals surface area (Å²) in [6.45, 7) is 5.36. The molecule has 1 aliphatic heterocycles. The highest BCUT2D eigenvalue weighted by molar-refractivity contribution is 7.09. The molecule has 1 unspecified atom stereocenters. The number of nitrogens with zero attached hydrogens (tertiary/aromatic N) is 3. The number of aryl methyl sites for hydroxylation is 1. The summed E-state index contributed by atoms with van der Waals surface area (Å²) in [4.78, 5) is 18.5. The van der Waals surface area contributed by atoms with Crippen LogP contribution < -0.4 is 5.32 Å². The summed E-state index contributed by atoms with van der Waals surface area (Å²) in [7, 11) is 0. The lowest BCUT2D eigenvalue weighted by Crippen LogP contribution is -2.47. The first kappa shape index (κ1) is 17.5. The molecule has 5 nitrogen and oxygen atoms in total. The van der Waals surface area contributed by atoms with E-state index in [0.717, 1.165) is 29.2 Å². The number of thiazole rings is 1. The number of aromatic nitrogens is 1. The first-order valence-electron chi connectivity index (χ1n) is 8.04. The molecule has 1 aromatic carbocycles. The van der Waals surface area contributed by atoms with Crippen LogP contribution in [0.4, 0.5) is 4.39 Å². The molecule has 1 fully saturated rings. The molecule has 0 saturated carbocycles. The van der Waals surface area contributed by atoms with Gasteiger partial charge in [0.1, 0.15) is 16.4 Å². The SMILES string of the molecule is CC(=O)NC1(c2nc(C)cs2)CCN(Cc2ccc(F)cc2C#N)C1. The predicted molar refractivity (Wildman–Crippen MR) is 93.4 cm³/mol. The highest BCUT2D eigenvalue weighted by atomic mass is 32.1. The summed E-state index contributed by atoms with van der Waals surface area (Å²) in [5.74, 6) is -0.498. The van der Waals surface area contributed by atoms with Crippen LogP contribution in [-0.2, 0) is 16.9 Å². The van der Waals surface area contributed by atoms with E-state index < -0.39 is 11.4 Å². The van der Waals surface area contributed by atoms with Crippen molar-refractivity contribution in [1.82, 2.24) is 15.2 Å². The minimum absolute atomic E-state index is 0.0887. The highest BCUT2D eigenvalue weighted by Gasteiger charge is 2.42. The molecule has 2 aromatic rings. The number of benzene rings is 1. The molecule has 0 bridgehead atoms. The van der Waals surface area contributed by atoms with Crippen molar-refractivity contribution in [1.29, 1.82) is 5.26 Å². The van der Waals surface area contributed by atoms with Crippen LogP contribution in [0.2, 0.25) is 0 Å². The minimum Gasteiger partial charge on any atom is -0.343 e. The average Bonchev–Trinajstić information content (AvgIpc) is 3.16. The number of carbonyl (C=O) groups excluding carboxylic acids is 1. The highest BCUT2D eigenvalue weighted by Crippen LogP contribution is 2.35. The third kappa shape index (κ3) is 3.70. The van der Waals surface area contributed by atoms with Crippen LogP contribution in [0, 0.1) is 24.1 Å². The van der Waals surface area contributed by atoms with E-state index in [4.69, 9.17) is 0 Å². The van der Waals surface area contributed by atoms with Gasteiger partial charge in [0.25, 0.3) is 0 Å². The Morgan fingerprint density at radius 3 is 3.00 bits per heavy atom. The number of nitriles is 1. The van der Waals surface area contributed by atoms with Crippen molar-refractivity contribution in [3.05, 3.63) is 51.2 Å². The van der Waals surface area contributed by atoms with Crippen LogP contribution in [0.25, 0.3) is 0 Å². The maximum Gasteiger partial charge on any atom is 0.217 e. The molecule has 2 heterocycles. The Kier molecular flexibility index (Phi) is 4.84. The van der Waals surface area contributed by atoms with E-state index in [2.05, 4.69) is 21.3 Å². The summed E-state index contributed by atoms with van der Waals surface area (Å²) >= 11 is 1.55. The van der Waals surface area contributed by atoms with Crippen molar-refractivity contribution in [3.8, 4) is 6.07 Å². The zero-order valence-electron chi connectivity index (χ0n) is 14.2. The van der Waals surface area contributed by atoms with E-state index in [1.54, 1.807) is 17.4 Å². The van der Waals surface area contributed by atoms with Gasteiger partial charge in [-0.15, -0.1) is 11.3 Å². The van der Waals surface area contributed by atoms with Crippen LogP contribution in [0.15, 0.2) is 23.6 Å². The Hall–Kier alpha value is -2.30. The van der Waals surface area contributed by atoms with Crippen molar-refractivity contribution < 1.29 is 9.18 Å². The fourth-order valence-corrected chi connectivity index (χ4v) is 4.27. The van der Waals surface area contributed by atoms with E-state index in [-0.39, 0.29) is 5.91 Å². The number of nitrogens with one attached hydrogen (secondary N) is 1. The lowest BCUT2D eigenvalue weighted by atomic mass is 9.99. The second-order valence-electron chi connectivity index (χ2n) is 6.43. The van der Waals surface area contributed by atoms with Gasteiger partial charge in [-0.3, -0.25) is 9.69 Å². The van der Waals surface area contributed by atoms with Crippen molar-refractivity contribution in [3.63, 3.8) is 0 Å². The van der Waals surface area contributed by atoms with Gasteiger partial charge in [-0.05, 0) is 31.0 Å². The molecule has 1 N–H and O–H groups in total. The first-order valence-corrected chi connectivity index (χ1v) is 8.92. The second kappa shape index (κ2) is 6.90. The van der Waals surface area contributed by atoms with Crippen molar-refractivity contribution in [2.75, 3.05) is 13.1 Å². The fourth-order valence-electron chi connectivity index (χ4n) is 3.30. The van der Waals surface area contributed by atoms with Crippen molar-refractivity contribution in [2.45, 2.75) is 32.4 Å². The molecule has 25 heavy (non-hydrogen) atoms. The molecule has 3 rings (SSSR count). The molecule has 0 aliphatic carbocycles. The lowest BCUT2D eigenvalue weighted by Gasteiger charge is -2.28. The lowest BCUT2D eigenvalue weighted by molar-refractivity contribution is -0.120. The van der Waals surface area contributed by atoms with Crippen molar-refractivity contribution >= 4 is 17.2 Å². The summed E-state index contributed by atoms with van der Waals surface area (Å²) in [6.07, 6.45) is 0.753. The van der Waals surface area contributed by atoms with E-state index in [1.807, 2.05) is 12.3 Å². The van der Waals surface area contributed by atoms with Gasteiger partial charge in [0.2, 0.25) is 5.91 Å². The number of hydrogen-bond donors (Lipinski definition) is 1. The molecular weight excluding hydrogens is 339 g/mol. The molecule has 7 heteroatoms. The largest absolute Gasteiger partial charge is 0.343 e. The zero-order chi connectivity index (χ0) is 18.0. The Labute approximate surface area is 150 Å². The van der Waals surface area contributed by atoms with Crippen LogP contribution in [0.5, 0.6) is 0 Å². The summed E-state index contributed by atoms with van der Waals surface area (Å²) in [5, 5.41) is 15.2. The summed E-state index contributed by atoms with van der Waals surface area (Å²) < 4.78 is 13.3. The Bertz CT molecular complexity index is 844. The van der Waals surface area contributed by atoms with E-state index in [9.17, 15) is 14.4 Å². The maximum absolute atomic E-state index is 13.3. The van der Waals surface area contributed by atoms with E-state index in [0.29, 0.717) is 18.7 Å². The first-order chi connectivity index (χ1) is 11.9. The van der Waals surface area contributed by atoms with Crippen LogP contribution in [0.3, 0.4) is 0 Å². The molecular formula is C18H19FN4OS. The topological polar surface area (TPSA) is 69.0 Å². The average molecular weight is 358 g/mol. The van der Waals surface area contributed by atoms with Gasteiger partial charge in [0, 0.05) is 37.6 Å². The molecule has 1 amide bonds. The number of amides is 1. The number of rotatable bonds is 4. The van der Waals surface area contributed by atoms with Gasteiger partial charge < -0.3 is 5.32 Å². The van der Waals surface area contributed by atoms with Crippen molar-refractivity contribution in [2.24, 2.45) is 0 Å². The Balaban J connectivity index is 1.83. The van der Waals surface area contributed by atoms with Crippen LogP contribution >= 0.6 is 11.3 Å². The quantitative estimate of drug-likeness (QED) is 0.912. The number of carbonyl (C=O) groups is 1. The second-order valence-corrected chi connectivity index (χ2v) is 7.29. The molecule has 1 atom stereocenters. The standard InChI is InChI=1S/C18H19FN4OS/c1-12-10-25-17(21-12)18(22-13(2)24)5-6-23(11-18)9-14-3-4-16(19)7-15(14)8-20/h3-4,7,10H,5-6,9,11H2,1-2H3,(H,22,24). The van der Waals surface area contributed by atoms with Crippen LogP contribution in [0.1, 0.15) is 35.2 Å². The van der Waals surface area contributed by atoms with Gasteiger partial charge in [-0.25, -0.2) is 9.37 Å². The van der Waals surface area contributed by atoms with Crippen LogP contribution in [-0.4, -0.2) is 28.9 Å². The van der Waals surface area contributed by atoms with Gasteiger partial charge in [-0.2, -0.15) is 5.26 Å². The molecule has 1 saturated heterocycles. The number of hydrogen-bond acceptors (Lipinski definition) is 5. The van der Waals surface area contributed by atoms with E-state index in [1.165, 1.54) is 19.1 Å². The molecule has 130 valence electrons. The predicted octanol–water partition coefficient (Wildman–Crippen LogP) is 2.70. The fraction of sp³-hybridized carbons (Fsp3) is 0.389. The summed E-state index contributed by atoms with van der Waals surface area (Å²) in [5.41, 5.74) is 1.57. The van der Waals surface area contributed by atoms with Gasteiger partial charge >= 0.3 is 0 Å². The Morgan fingerprint density at radius 1 is 1.56 bits per heavy atom. The molecule has 0 radical (unpaired) electrons. The van der Waals surface area contributed by atoms with Gasteiger partial charge in [0.05, 0.1) is 11.6 Å². The van der Waals surface area contributed by atoms with E-state index >= 15 is 0 Å². The molecule has 1 aliphatic rings. The monoisotopic (exact) mass is 358 g/mol. The third-order valence-corrected chi connectivity index (χ3v) is 5.54.